The molecule has 0 saturated heterocycles. The molecule has 0 unspecified atom stereocenters. The molecule has 0 amide bonds. The summed E-state index contributed by atoms with van der Waals surface area (Å²) in [4.78, 5) is 9.32. The summed E-state index contributed by atoms with van der Waals surface area (Å²) in [7, 11) is 0. The van der Waals surface area contributed by atoms with Crippen LogP contribution in [0.15, 0.2) is 30.6 Å². The van der Waals surface area contributed by atoms with Crippen LogP contribution in [0, 0.1) is 0 Å². The van der Waals surface area contributed by atoms with Crippen LogP contribution >= 0.6 is 11.3 Å². The van der Waals surface area contributed by atoms with E-state index in [1.807, 2.05) is 0 Å². The molecular weight excluding hydrogens is 323 g/mol. The number of hydrogen-bond acceptors (Lipinski definition) is 4. The van der Waals surface area contributed by atoms with E-state index in [1.165, 1.54) is 17.4 Å². The lowest BCUT2D eigenvalue weighted by molar-refractivity contribution is -0.136. The summed E-state index contributed by atoms with van der Waals surface area (Å²) >= 11 is 1.20. The number of nitrogen functional groups attached to an aromatic ring is 1. The highest BCUT2D eigenvalue weighted by atomic mass is 32.1. The van der Waals surface area contributed by atoms with Gasteiger partial charge in [0.2, 0.25) is 0 Å². The maximum Gasteiger partial charge on any atom is 0.417 e. The van der Waals surface area contributed by atoms with Gasteiger partial charge < -0.3 is 5.73 Å². The van der Waals surface area contributed by atoms with E-state index in [0.29, 0.717) is 15.4 Å². The topological polar surface area (TPSA) is 51.8 Å². The maximum atomic E-state index is 13.5. The Morgan fingerprint density at radius 3 is 2.48 bits per heavy atom. The van der Waals surface area contributed by atoms with E-state index in [1.54, 1.807) is 24.5 Å². The van der Waals surface area contributed by atoms with Crippen molar-refractivity contribution in [3.05, 3.63) is 41.9 Å². The highest BCUT2D eigenvalue weighted by molar-refractivity contribution is 7.22. The Hall–Kier alpha value is -2.15. The third kappa shape index (κ3) is 2.45. The largest absolute Gasteiger partial charge is 0.417 e. The summed E-state index contributed by atoms with van der Waals surface area (Å²) < 4.78 is 40.5. The van der Waals surface area contributed by atoms with E-state index in [9.17, 15) is 13.2 Å². The zero-order valence-electron chi connectivity index (χ0n) is 11.9. The van der Waals surface area contributed by atoms with Gasteiger partial charge in [0.25, 0.3) is 0 Å². The van der Waals surface area contributed by atoms with E-state index in [-0.39, 0.29) is 17.0 Å². The predicted molar refractivity (Wildman–Crippen MR) is 84.2 cm³/mol. The molecule has 0 atom stereocenters. The highest BCUT2D eigenvalue weighted by Crippen LogP contribution is 2.48. The number of pyridine rings is 2. The van der Waals surface area contributed by atoms with Crippen molar-refractivity contribution in [2.24, 2.45) is 0 Å². The van der Waals surface area contributed by atoms with Crippen molar-refractivity contribution in [1.29, 1.82) is 0 Å². The fourth-order valence-electron chi connectivity index (χ4n) is 2.67. The minimum absolute atomic E-state index is 0.0127. The van der Waals surface area contributed by atoms with E-state index in [0.717, 1.165) is 18.4 Å². The van der Waals surface area contributed by atoms with Gasteiger partial charge in [-0.1, -0.05) is 0 Å². The van der Waals surface area contributed by atoms with Crippen molar-refractivity contribution in [2.75, 3.05) is 5.73 Å². The normalized spacial score (nSPS) is 15.3. The van der Waals surface area contributed by atoms with Gasteiger partial charge in [0.1, 0.15) is 4.83 Å². The first-order valence-electron chi connectivity index (χ1n) is 7.15. The Morgan fingerprint density at radius 1 is 1.17 bits per heavy atom. The number of nitrogens with zero attached hydrogens (tertiary/aromatic N) is 2. The van der Waals surface area contributed by atoms with E-state index in [4.69, 9.17) is 5.73 Å². The number of aromatic nitrogens is 2. The van der Waals surface area contributed by atoms with Crippen LogP contribution in [0.25, 0.3) is 20.7 Å². The molecule has 0 aromatic carbocycles. The van der Waals surface area contributed by atoms with Gasteiger partial charge in [0, 0.05) is 29.4 Å². The predicted octanol–water partition coefficient (Wildman–Crippen LogP) is 4.84. The van der Waals surface area contributed by atoms with Crippen molar-refractivity contribution >= 4 is 27.2 Å². The maximum absolute atomic E-state index is 13.5. The number of fused-ring (bicyclic) bond motifs is 1. The Kier molecular flexibility index (Phi) is 3.09. The lowest BCUT2D eigenvalue weighted by Crippen LogP contribution is -2.08. The first kappa shape index (κ1) is 14.4. The monoisotopic (exact) mass is 335 g/mol. The van der Waals surface area contributed by atoms with Crippen LogP contribution in [0.2, 0.25) is 0 Å². The molecule has 4 rings (SSSR count). The van der Waals surface area contributed by atoms with Crippen LogP contribution in [0.1, 0.15) is 30.0 Å². The molecule has 1 aliphatic carbocycles. The number of anilines is 1. The first-order valence-corrected chi connectivity index (χ1v) is 7.97. The zero-order valence-corrected chi connectivity index (χ0v) is 12.7. The van der Waals surface area contributed by atoms with Crippen molar-refractivity contribution in [2.45, 2.75) is 24.9 Å². The first-order chi connectivity index (χ1) is 10.9. The molecule has 1 saturated carbocycles. The lowest BCUT2D eigenvalue weighted by atomic mass is 10.1. The van der Waals surface area contributed by atoms with Crippen molar-refractivity contribution < 1.29 is 13.2 Å². The van der Waals surface area contributed by atoms with E-state index >= 15 is 0 Å². The zero-order chi connectivity index (χ0) is 16.2. The Balaban J connectivity index is 2.01. The minimum Gasteiger partial charge on any atom is -0.397 e. The third-order valence-corrected chi connectivity index (χ3v) is 5.11. The number of rotatable bonds is 2. The van der Waals surface area contributed by atoms with Gasteiger partial charge in [0.15, 0.2) is 0 Å². The van der Waals surface area contributed by atoms with Gasteiger partial charge in [-0.3, -0.25) is 4.98 Å². The summed E-state index contributed by atoms with van der Waals surface area (Å²) in [5.41, 5.74) is 6.79. The second-order valence-electron chi connectivity index (χ2n) is 5.63. The summed E-state index contributed by atoms with van der Waals surface area (Å²) in [5, 5.41) is 0.0127. The lowest BCUT2D eigenvalue weighted by Gasteiger charge is -2.10. The molecule has 3 aromatic rings. The Labute approximate surface area is 134 Å². The second kappa shape index (κ2) is 4.92. The summed E-state index contributed by atoms with van der Waals surface area (Å²) in [5.74, 6) is 0.146. The SMILES string of the molecule is Nc1c(-c2ccncc2)sc2nc(C3CC3)cc(C(F)(F)F)c12. The molecule has 3 aromatic heterocycles. The molecule has 3 heterocycles. The molecule has 118 valence electrons. The van der Waals surface area contributed by atoms with Crippen LogP contribution in [-0.4, -0.2) is 9.97 Å². The van der Waals surface area contributed by atoms with Gasteiger partial charge in [-0.15, -0.1) is 11.3 Å². The molecule has 3 nitrogen and oxygen atoms in total. The van der Waals surface area contributed by atoms with Gasteiger partial charge in [-0.2, -0.15) is 13.2 Å². The van der Waals surface area contributed by atoms with Gasteiger partial charge in [-0.05, 0) is 36.6 Å². The highest BCUT2D eigenvalue weighted by Gasteiger charge is 2.37. The molecule has 0 bridgehead atoms. The summed E-state index contributed by atoms with van der Waals surface area (Å²) in [6, 6.07) is 4.63. The Morgan fingerprint density at radius 2 is 1.87 bits per heavy atom. The van der Waals surface area contributed by atoms with E-state index < -0.39 is 11.7 Å². The molecule has 1 fully saturated rings. The molecular formula is C16H12F3N3S. The van der Waals surface area contributed by atoms with Crippen LogP contribution in [0.5, 0.6) is 0 Å². The molecule has 2 N–H and O–H groups in total. The van der Waals surface area contributed by atoms with Crippen LogP contribution in [-0.2, 0) is 6.18 Å². The van der Waals surface area contributed by atoms with Gasteiger partial charge in [-0.25, -0.2) is 4.98 Å². The van der Waals surface area contributed by atoms with Gasteiger partial charge >= 0.3 is 6.18 Å². The molecule has 0 spiro atoms. The van der Waals surface area contributed by atoms with Crippen molar-refractivity contribution in [3.63, 3.8) is 0 Å². The van der Waals surface area contributed by atoms with Crippen LogP contribution < -0.4 is 5.73 Å². The average Bonchev–Trinajstić information content (AvgIpc) is 3.31. The van der Waals surface area contributed by atoms with Crippen LogP contribution in [0.4, 0.5) is 18.9 Å². The molecule has 23 heavy (non-hydrogen) atoms. The standard InChI is InChI=1S/C16H12F3N3S/c17-16(18,19)10-7-11(8-1-2-8)22-15-12(10)13(20)14(23-15)9-3-5-21-6-4-9/h3-8H,1-2,20H2. The number of halogens is 3. The van der Waals surface area contributed by atoms with Crippen molar-refractivity contribution in [1.82, 2.24) is 9.97 Å². The van der Waals surface area contributed by atoms with Crippen LogP contribution in [0.3, 0.4) is 0 Å². The quantitative estimate of drug-likeness (QED) is 0.729. The number of nitrogens with two attached hydrogens (primary N) is 1. The van der Waals surface area contributed by atoms with E-state index in [2.05, 4.69) is 9.97 Å². The minimum atomic E-state index is -4.45. The molecule has 7 heteroatoms. The fraction of sp³-hybridized carbons (Fsp3) is 0.250. The molecule has 0 radical (unpaired) electrons. The summed E-state index contributed by atoms with van der Waals surface area (Å²) in [6.45, 7) is 0. The van der Waals surface area contributed by atoms with Crippen molar-refractivity contribution in [3.8, 4) is 10.4 Å². The summed E-state index contributed by atoms with van der Waals surface area (Å²) in [6.07, 6.45) is 0.525. The number of thiophene rings is 1. The second-order valence-corrected chi connectivity index (χ2v) is 6.63. The third-order valence-electron chi connectivity index (χ3n) is 3.96. The molecule has 0 aliphatic heterocycles. The fourth-order valence-corrected chi connectivity index (χ4v) is 3.80. The number of hydrogen-bond donors (Lipinski definition) is 1. The Bertz CT molecular complexity index is 883. The van der Waals surface area contributed by atoms with Gasteiger partial charge in [0.05, 0.1) is 16.1 Å². The average molecular weight is 335 g/mol. The molecule has 1 aliphatic rings. The smallest absolute Gasteiger partial charge is 0.397 e. The number of alkyl halides is 3.